The van der Waals surface area contributed by atoms with Crippen LogP contribution in [0.25, 0.3) is 0 Å². The zero-order valence-electron chi connectivity index (χ0n) is 11.9. The summed E-state index contributed by atoms with van der Waals surface area (Å²) in [5, 5.41) is 10.7. The lowest BCUT2D eigenvalue weighted by atomic mass is 10.3. The van der Waals surface area contributed by atoms with E-state index in [2.05, 4.69) is 5.43 Å². The molecular formula is C12H25N3O3. The Morgan fingerprint density at radius 3 is 2.56 bits per heavy atom. The van der Waals surface area contributed by atoms with E-state index in [4.69, 9.17) is 9.84 Å². The number of ether oxygens (including phenoxy) is 1. The van der Waals surface area contributed by atoms with E-state index in [1.54, 1.807) is 19.1 Å². The maximum Gasteiger partial charge on any atom is 0.410 e. The SMILES string of the molecule is C/C=C(/CN(C)C(=O)OC(C)CC)N(CO)NC. The first-order chi connectivity index (χ1) is 8.49. The van der Waals surface area contributed by atoms with Gasteiger partial charge in [0, 0.05) is 19.8 Å². The number of rotatable bonds is 7. The van der Waals surface area contributed by atoms with Gasteiger partial charge < -0.3 is 14.7 Å². The van der Waals surface area contributed by atoms with Gasteiger partial charge in [-0.1, -0.05) is 13.0 Å². The molecule has 0 radical (unpaired) electrons. The van der Waals surface area contributed by atoms with Crippen LogP contribution < -0.4 is 5.43 Å². The molecule has 0 bridgehead atoms. The molecule has 6 nitrogen and oxygen atoms in total. The Labute approximate surface area is 109 Å². The van der Waals surface area contributed by atoms with Crippen LogP contribution >= 0.6 is 0 Å². The summed E-state index contributed by atoms with van der Waals surface area (Å²) in [5.74, 6) is 0. The van der Waals surface area contributed by atoms with E-state index in [1.807, 2.05) is 26.8 Å². The second-order valence-corrected chi connectivity index (χ2v) is 4.03. The molecule has 0 aliphatic carbocycles. The van der Waals surface area contributed by atoms with Gasteiger partial charge in [0.15, 0.2) is 0 Å². The van der Waals surface area contributed by atoms with Gasteiger partial charge in [-0.05, 0) is 20.3 Å². The highest BCUT2D eigenvalue weighted by Crippen LogP contribution is 2.06. The molecule has 2 N–H and O–H groups in total. The summed E-state index contributed by atoms with van der Waals surface area (Å²) in [5.41, 5.74) is 3.63. The van der Waals surface area contributed by atoms with Crippen molar-refractivity contribution < 1.29 is 14.6 Å². The second-order valence-electron chi connectivity index (χ2n) is 4.03. The van der Waals surface area contributed by atoms with Gasteiger partial charge in [-0.3, -0.25) is 5.01 Å². The number of likely N-dealkylation sites (N-methyl/N-ethyl adjacent to an activating group) is 1. The van der Waals surface area contributed by atoms with E-state index >= 15 is 0 Å². The smallest absolute Gasteiger partial charge is 0.410 e. The number of allylic oxidation sites excluding steroid dienone is 1. The maximum atomic E-state index is 11.7. The van der Waals surface area contributed by atoms with Crippen LogP contribution in [0.1, 0.15) is 27.2 Å². The molecule has 0 aromatic rings. The van der Waals surface area contributed by atoms with Gasteiger partial charge in [0.2, 0.25) is 0 Å². The number of carbonyl (C=O) groups is 1. The Morgan fingerprint density at radius 1 is 1.56 bits per heavy atom. The van der Waals surface area contributed by atoms with Crippen LogP contribution in [0.3, 0.4) is 0 Å². The van der Waals surface area contributed by atoms with Gasteiger partial charge in [0.05, 0.1) is 6.54 Å². The van der Waals surface area contributed by atoms with E-state index in [9.17, 15) is 4.79 Å². The van der Waals surface area contributed by atoms with Crippen molar-refractivity contribution in [1.82, 2.24) is 15.3 Å². The summed E-state index contributed by atoms with van der Waals surface area (Å²) < 4.78 is 5.21. The molecule has 0 spiro atoms. The molecule has 6 heteroatoms. The van der Waals surface area contributed by atoms with Crippen molar-refractivity contribution >= 4 is 6.09 Å². The highest BCUT2D eigenvalue weighted by Gasteiger charge is 2.16. The number of nitrogens with zero attached hydrogens (tertiary/aromatic N) is 2. The van der Waals surface area contributed by atoms with Gasteiger partial charge in [0.25, 0.3) is 0 Å². The zero-order chi connectivity index (χ0) is 14.1. The fraction of sp³-hybridized carbons (Fsp3) is 0.750. The number of hydrogen-bond donors (Lipinski definition) is 2. The molecule has 18 heavy (non-hydrogen) atoms. The van der Waals surface area contributed by atoms with Gasteiger partial charge in [0.1, 0.15) is 12.8 Å². The van der Waals surface area contributed by atoms with Gasteiger partial charge in [-0.25, -0.2) is 10.2 Å². The Bertz CT molecular complexity index is 278. The monoisotopic (exact) mass is 259 g/mol. The van der Waals surface area contributed by atoms with Crippen molar-refractivity contribution in [2.45, 2.75) is 33.3 Å². The lowest BCUT2D eigenvalue weighted by molar-refractivity contribution is 0.0667. The molecule has 0 saturated heterocycles. The normalized spacial score (nSPS) is 13.1. The zero-order valence-corrected chi connectivity index (χ0v) is 11.9. The molecule has 0 rings (SSSR count). The lowest BCUT2D eigenvalue weighted by Gasteiger charge is -2.27. The van der Waals surface area contributed by atoms with Crippen molar-refractivity contribution in [3.05, 3.63) is 11.8 Å². The first-order valence-corrected chi connectivity index (χ1v) is 6.12. The van der Waals surface area contributed by atoms with E-state index in [0.717, 1.165) is 12.1 Å². The average Bonchev–Trinajstić information content (AvgIpc) is 2.38. The number of nitrogens with one attached hydrogen (secondary N) is 1. The summed E-state index contributed by atoms with van der Waals surface area (Å²) in [6.45, 7) is 5.88. The summed E-state index contributed by atoms with van der Waals surface area (Å²) in [4.78, 5) is 13.2. The standard InChI is InChI=1S/C12H25N3O3/c1-6-10(3)18-12(17)14(5)8-11(7-2)15(9-16)13-4/h7,10,13,16H,6,8-9H2,1-5H3/b11-7-. The molecule has 0 heterocycles. The van der Waals surface area contributed by atoms with Crippen molar-refractivity contribution in [2.24, 2.45) is 0 Å². The fourth-order valence-electron chi connectivity index (χ4n) is 1.29. The lowest BCUT2D eigenvalue weighted by Crippen LogP contribution is -2.41. The van der Waals surface area contributed by atoms with Gasteiger partial charge in [-0.15, -0.1) is 0 Å². The largest absolute Gasteiger partial charge is 0.446 e. The molecule has 106 valence electrons. The quantitative estimate of drug-likeness (QED) is 0.530. The van der Waals surface area contributed by atoms with E-state index in [-0.39, 0.29) is 18.9 Å². The molecule has 0 aliphatic rings. The molecule has 1 unspecified atom stereocenters. The van der Waals surface area contributed by atoms with Crippen molar-refractivity contribution in [3.63, 3.8) is 0 Å². The molecule has 1 amide bonds. The van der Waals surface area contributed by atoms with Crippen LogP contribution in [0, 0.1) is 0 Å². The van der Waals surface area contributed by atoms with Crippen LogP contribution in [0.4, 0.5) is 4.79 Å². The Balaban J connectivity index is 4.44. The van der Waals surface area contributed by atoms with E-state index in [0.29, 0.717) is 6.54 Å². The van der Waals surface area contributed by atoms with E-state index in [1.165, 1.54) is 4.90 Å². The maximum absolute atomic E-state index is 11.7. The van der Waals surface area contributed by atoms with Crippen LogP contribution in [0.5, 0.6) is 0 Å². The number of amides is 1. The molecule has 0 aromatic heterocycles. The molecule has 0 aromatic carbocycles. The third-order valence-corrected chi connectivity index (χ3v) is 2.68. The first-order valence-electron chi connectivity index (χ1n) is 6.12. The van der Waals surface area contributed by atoms with Crippen LogP contribution in [0.2, 0.25) is 0 Å². The van der Waals surface area contributed by atoms with Crippen molar-refractivity contribution in [3.8, 4) is 0 Å². The Kier molecular flexibility index (Phi) is 8.15. The Hall–Kier alpha value is -1.27. The summed E-state index contributed by atoms with van der Waals surface area (Å²) in [6, 6.07) is 0. The van der Waals surface area contributed by atoms with Crippen LogP contribution in [0.15, 0.2) is 11.8 Å². The minimum absolute atomic E-state index is 0.0905. The van der Waals surface area contributed by atoms with E-state index < -0.39 is 0 Å². The highest BCUT2D eigenvalue weighted by atomic mass is 16.6. The topological polar surface area (TPSA) is 65.0 Å². The molecular weight excluding hydrogens is 234 g/mol. The predicted octanol–water partition coefficient (Wildman–Crippen LogP) is 1.14. The third-order valence-electron chi connectivity index (χ3n) is 2.68. The minimum Gasteiger partial charge on any atom is -0.446 e. The highest BCUT2D eigenvalue weighted by molar-refractivity contribution is 5.67. The number of aliphatic hydroxyl groups excluding tert-OH is 1. The summed E-state index contributed by atoms with van der Waals surface area (Å²) in [6.07, 6.45) is 2.17. The fourth-order valence-corrected chi connectivity index (χ4v) is 1.29. The van der Waals surface area contributed by atoms with Gasteiger partial charge in [-0.2, -0.15) is 0 Å². The van der Waals surface area contributed by atoms with Crippen molar-refractivity contribution in [2.75, 3.05) is 27.4 Å². The van der Waals surface area contributed by atoms with Gasteiger partial charge >= 0.3 is 6.09 Å². The number of aliphatic hydroxyl groups is 1. The molecule has 0 saturated carbocycles. The molecule has 0 aliphatic heterocycles. The summed E-state index contributed by atoms with van der Waals surface area (Å²) >= 11 is 0. The second kappa shape index (κ2) is 8.77. The molecule has 0 fully saturated rings. The first kappa shape index (κ1) is 16.7. The number of carbonyl (C=O) groups excluding carboxylic acids is 1. The van der Waals surface area contributed by atoms with Crippen LogP contribution in [-0.2, 0) is 4.74 Å². The predicted molar refractivity (Wildman–Crippen MR) is 70.6 cm³/mol. The Morgan fingerprint density at radius 2 is 2.17 bits per heavy atom. The number of hydrogen-bond acceptors (Lipinski definition) is 5. The van der Waals surface area contributed by atoms with Crippen molar-refractivity contribution in [1.29, 1.82) is 0 Å². The minimum atomic E-state index is -0.363. The van der Waals surface area contributed by atoms with Crippen LogP contribution in [-0.4, -0.2) is 54.6 Å². The number of hydrazine groups is 1. The summed E-state index contributed by atoms with van der Waals surface area (Å²) in [7, 11) is 3.37. The third kappa shape index (κ3) is 5.37. The average molecular weight is 259 g/mol. The molecule has 1 atom stereocenters.